The first-order valence-electron chi connectivity index (χ1n) is 13.1. The maximum absolute atomic E-state index is 13.7. The van der Waals surface area contributed by atoms with E-state index in [4.69, 9.17) is 14.1 Å². The lowest BCUT2D eigenvalue weighted by Gasteiger charge is -2.20. The Bertz CT molecular complexity index is 2110. The van der Waals surface area contributed by atoms with Crippen LogP contribution in [0, 0.1) is 5.82 Å². The van der Waals surface area contributed by atoms with Gasteiger partial charge in [-0.25, -0.2) is 22.8 Å². The zero-order valence-corrected chi connectivity index (χ0v) is 24.4. The minimum absolute atomic E-state index is 0.215. The number of hydrogen-bond acceptors (Lipinski definition) is 7. The standard InChI is InChI=1S/C31H26FN5O5S/c1-33-31(38)28-21-15-20(22-12-13-25(41-3)29(35-22)23-17-37-14-6-5-7-27(37)34-23)24(36(2)43(4,39)40)16-26(21)42-30(28)18-8-10-19(32)11-9-18/h5-17H,1-4H3,(H,33,38). The Morgan fingerprint density at radius 1 is 1.05 bits per heavy atom. The number of fused-ring (bicyclic) bond motifs is 2. The van der Waals surface area contributed by atoms with Crippen molar-refractivity contribution in [1.29, 1.82) is 0 Å². The number of aromatic nitrogens is 3. The van der Waals surface area contributed by atoms with Crippen LogP contribution in [0.4, 0.5) is 10.1 Å². The van der Waals surface area contributed by atoms with Crippen LogP contribution in [0.5, 0.6) is 5.75 Å². The van der Waals surface area contributed by atoms with Gasteiger partial charge in [0.15, 0.2) is 0 Å². The van der Waals surface area contributed by atoms with Crippen molar-refractivity contribution in [3.63, 3.8) is 0 Å². The molecule has 6 aromatic rings. The number of nitrogens with one attached hydrogen (secondary N) is 1. The number of carbonyl (C=O) groups excluding carboxylic acids is 1. The summed E-state index contributed by atoms with van der Waals surface area (Å²) in [6.07, 6.45) is 4.78. The summed E-state index contributed by atoms with van der Waals surface area (Å²) in [7, 11) is 0.726. The van der Waals surface area contributed by atoms with Crippen molar-refractivity contribution in [2.24, 2.45) is 0 Å². The lowest BCUT2D eigenvalue weighted by Crippen LogP contribution is -2.25. The van der Waals surface area contributed by atoms with Gasteiger partial charge >= 0.3 is 0 Å². The highest BCUT2D eigenvalue weighted by Gasteiger charge is 2.27. The number of nitrogens with zero attached hydrogens (tertiary/aromatic N) is 4. The lowest BCUT2D eigenvalue weighted by molar-refractivity contribution is 0.0964. The van der Waals surface area contributed by atoms with Gasteiger partial charge in [-0.15, -0.1) is 0 Å². The van der Waals surface area contributed by atoms with Crippen molar-refractivity contribution in [2.75, 3.05) is 31.8 Å². The largest absolute Gasteiger partial charge is 0.494 e. The number of sulfonamides is 1. The Balaban J connectivity index is 1.64. The molecule has 0 aliphatic carbocycles. The summed E-state index contributed by atoms with van der Waals surface area (Å²) in [5.74, 6) is -0.180. The van der Waals surface area contributed by atoms with Crippen LogP contribution < -0.4 is 14.4 Å². The molecular weight excluding hydrogens is 573 g/mol. The van der Waals surface area contributed by atoms with Gasteiger partial charge in [0.2, 0.25) is 10.0 Å². The van der Waals surface area contributed by atoms with Crippen molar-refractivity contribution >= 4 is 38.2 Å². The lowest BCUT2D eigenvalue weighted by atomic mass is 10.0. The smallest absolute Gasteiger partial charge is 0.255 e. The highest BCUT2D eigenvalue weighted by molar-refractivity contribution is 7.92. The average molecular weight is 600 g/mol. The molecule has 0 atom stereocenters. The molecule has 12 heteroatoms. The van der Waals surface area contributed by atoms with Gasteiger partial charge in [-0.3, -0.25) is 9.10 Å². The number of furan rings is 1. The fraction of sp³-hybridized carbons (Fsp3) is 0.129. The number of ether oxygens (including phenoxy) is 1. The van der Waals surface area contributed by atoms with E-state index in [9.17, 15) is 17.6 Å². The number of halogens is 1. The number of anilines is 1. The quantitative estimate of drug-likeness (QED) is 0.262. The molecule has 0 unspecified atom stereocenters. The van der Waals surface area contributed by atoms with E-state index in [-0.39, 0.29) is 22.6 Å². The van der Waals surface area contributed by atoms with Gasteiger partial charge in [0.1, 0.15) is 39.9 Å². The number of hydrogen-bond donors (Lipinski definition) is 1. The normalized spacial score (nSPS) is 11.7. The first-order valence-corrected chi connectivity index (χ1v) is 15.0. The van der Waals surface area contributed by atoms with Crippen molar-refractivity contribution in [2.45, 2.75) is 0 Å². The summed E-state index contributed by atoms with van der Waals surface area (Å²) in [5, 5.41) is 3.06. The Morgan fingerprint density at radius 3 is 2.49 bits per heavy atom. The Labute approximate surface area is 246 Å². The van der Waals surface area contributed by atoms with E-state index >= 15 is 0 Å². The first-order chi connectivity index (χ1) is 20.6. The van der Waals surface area contributed by atoms with Crippen LogP contribution in [0.25, 0.3) is 50.6 Å². The zero-order valence-electron chi connectivity index (χ0n) is 23.6. The summed E-state index contributed by atoms with van der Waals surface area (Å²) in [6, 6.07) is 17.9. The molecule has 0 aliphatic rings. The topological polar surface area (TPSA) is 119 Å². The highest BCUT2D eigenvalue weighted by atomic mass is 32.2. The van der Waals surface area contributed by atoms with Gasteiger partial charge in [-0.05, 0) is 54.6 Å². The van der Waals surface area contributed by atoms with Gasteiger partial charge in [0, 0.05) is 49.1 Å². The maximum Gasteiger partial charge on any atom is 0.255 e. The molecule has 0 spiro atoms. The van der Waals surface area contributed by atoms with Crippen LogP contribution in [0.15, 0.2) is 83.5 Å². The van der Waals surface area contributed by atoms with E-state index in [0.717, 1.165) is 10.6 Å². The van der Waals surface area contributed by atoms with E-state index in [1.165, 1.54) is 45.5 Å². The molecule has 43 heavy (non-hydrogen) atoms. The molecule has 1 amide bonds. The number of pyridine rings is 2. The second kappa shape index (κ2) is 10.6. The number of amides is 1. The molecule has 0 saturated carbocycles. The van der Waals surface area contributed by atoms with Crippen molar-refractivity contribution < 1.29 is 26.8 Å². The second-order valence-corrected chi connectivity index (χ2v) is 11.8. The molecule has 0 bridgehead atoms. The van der Waals surface area contributed by atoms with Gasteiger partial charge in [-0.1, -0.05) is 6.07 Å². The Hall–Kier alpha value is -5.23. The molecule has 2 aromatic carbocycles. The minimum Gasteiger partial charge on any atom is -0.494 e. The van der Waals surface area contributed by atoms with Gasteiger partial charge in [0.25, 0.3) is 5.91 Å². The highest BCUT2D eigenvalue weighted by Crippen LogP contribution is 2.42. The summed E-state index contributed by atoms with van der Waals surface area (Å²) in [4.78, 5) is 22.8. The first kappa shape index (κ1) is 27.9. The third kappa shape index (κ3) is 4.95. The predicted molar refractivity (Wildman–Crippen MR) is 162 cm³/mol. The maximum atomic E-state index is 13.7. The number of carbonyl (C=O) groups is 1. The fourth-order valence-corrected chi connectivity index (χ4v) is 5.43. The summed E-state index contributed by atoms with van der Waals surface area (Å²) < 4.78 is 54.0. The molecular formula is C31H26FN5O5S. The Morgan fingerprint density at radius 2 is 1.81 bits per heavy atom. The number of methoxy groups -OCH3 is 1. The third-order valence-corrected chi connectivity index (χ3v) is 8.36. The summed E-state index contributed by atoms with van der Waals surface area (Å²) in [5.41, 5.74) is 3.78. The van der Waals surface area contributed by atoms with Gasteiger partial charge in [0.05, 0.1) is 30.3 Å². The average Bonchev–Trinajstić information content (AvgIpc) is 3.61. The molecule has 6 rings (SSSR count). The number of rotatable bonds is 7. The van der Waals surface area contributed by atoms with Crippen LogP contribution >= 0.6 is 0 Å². The van der Waals surface area contributed by atoms with E-state index in [0.29, 0.717) is 45.0 Å². The van der Waals surface area contributed by atoms with Crippen LogP contribution in [0.2, 0.25) is 0 Å². The SMILES string of the molecule is CNC(=O)c1c(-c2ccc(F)cc2)oc2cc(N(C)S(C)(=O)=O)c(-c3ccc(OC)c(-c4cn5ccccc5n4)n3)cc12. The van der Waals surface area contributed by atoms with Crippen LogP contribution in [0.1, 0.15) is 10.4 Å². The van der Waals surface area contributed by atoms with Crippen molar-refractivity contribution in [3.05, 3.63) is 90.5 Å². The molecule has 1 N–H and O–H groups in total. The molecule has 0 radical (unpaired) electrons. The zero-order chi connectivity index (χ0) is 30.5. The van der Waals surface area contributed by atoms with E-state index < -0.39 is 21.7 Å². The van der Waals surface area contributed by atoms with Crippen LogP contribution in [-0.4, -0.2) is 56.2 Å². The van der Waals surface area contributed by atoms with Crippen molar-refractivity contribution in [1.82, 2.24) is 19.7 Å². The molecule has 218 valence electrons. The molecule has 0 fully saturated rings. The Kier molecular flexibility index (Phi) is 6.85. The van der Waals surface area contributed by atoms with Crippen LogP contribution in [-0.2, 0) is 10.0 Å². The summed E-state index contributed by atoms with van der Waals surface area (Å²) in [6.45, 7) is 0. The van der Waals surface area contributed by atoms with E-state index in [1.807, 2.05) is 35.0 Å². The second-order valence-electron chi connectivity index (χ2n) is 9.83. The molecule has 0 aliphatic heterocycles. The van der Waals surface area contributed by atoms with E-state index in [2.05, 4.69) is 10.3 Å². The monoisotopic (exact) mass is 599 g/mol. The van der Waals surface area contributed by atoms with Crippen molar-refractivity contribution in [3.8, 4) is 39.7 Å². The fourth-order valence-electron chi connectivity index (χ4n) is 4.92. The van der Waals surface area contributed by atoms with Crippen LogP contribution in [0.3, 0.4) is 0 Å². The third-order valence-electron chi connectivity index (χ3n) is 7.16. The number of imidazole rings is 1. The van der Waals surface area contributed by atoms with Gasteiger partial charge < -0.3 is 18.9 Å². The molecule has 10 nitrogen and oxygen atoms in total. The summed E-state index contributed by atoms with van der Waals surface area (Å²) >= 11 is 0. The van der Waals surface area contributed by atoms with Gasteiger partial charge in [-0.2, -0.15) is 0 Å². The molecule has 4 heterocycles. The predicted octanol–water partition coefficient (Wildman–Crippen LogP) is 5.38. The number of benzene rings is 2. The van der Waals surface area contributed by atoms with E-state index in [1.54, 1.807) is 24.3 Å². The minimum atomic E-state index is -3.73. The molecule has 4 aromatic heterocycles. The molecule has 0 saturated heterocycles.